The minimum atomic E-state index is -3.89. The molecule has 2 fully saturated rings. The second-order valence-corrected chi connectivity index (χ2v) is 12.7. The molecule has 42 heavy (non-hydrogen) atoms. The molecule has 1 amide bonds. The highest BCUT2D eigenvalue weighted by Gasteiger charge is 2.24. The van der Waals surface area contributed by atoms with Crippen molar-refractivity contribution in [3.63, 3.8) is 0 Å². The van der Waals surface area contributed by atoms with Gasteiger partial charge >= 0.3 is 0 Å². The Morgan fingerprint density at radius 3 is 2.48 bits per heavy atom. The molecule has 2 aromatic carbocycles. The van der Waals surface area contributed by atoms with Gasteiger partial charge in [0.05, 0.1) is 12.8 Å². The largest absolute Gasteiger partial charge is 0.481 e. The van der Waals surface area contributed by atoms with Crippen molar-refractivity contribution in [1.82, 2.24) is 14.8 Å². The highest BCUT2D eigenvalue weighted by atomic mass is 32.2. The van der Waals surface area contributed by atoms with Crippen LogP contribution in [-0.2, 0) is 16.6 Å². The molecule has 1 aliphatic heterocycles. The number of aryl methyl sites for hydroxylation is 1. The molecule has 1 aliphatic carbocycles. The molecule has 222 valence electrons. The quantitative estimate of drug-likeness (QED) is 0.334. The van der Waals surface area contributed by atoms with Gasteiger partial charge in [0.1, 0.15) is 4.90 Å². The number of amides is 1. The molecule has 2 aliphatic rings. The lowest BCUT2D eigenvalue weighted by Gasteiger charge is -2.35. The van der Waals surface area contributed by atoms with Crippen molar-refractivity contribution >= 4 is 33.5 Å². The number of aliphatic imine (C=N–C) groups is 1. The van der Waals surface area contributed by atoms with Crippen molar-refractivity contribution < 1.29 is 17.9 Å². The number of sulfonamides is 1. The number of carbonyl (C=O) groups is 1. The summed E-state index contributed by atoms with van der Waals surface area (Å²) in [5.74, 6) is 0.943. The lowest BCUT2D eigenvalue weighted by molar-refractivity contribution is 0.0627. The van der Waals surface area contributed by atoms with Gasteiger partial charge in [-0.05, 0) is 67.6 Å². The third-order valence-electron chi connectivity index (χ3n) is 8.04. The van der Waals surface area contributed by atoms with E-state index in [1.165, 1.54) is 19.3 Å². The van der Waals surface area contributed by atoms with E-state index in [9.17, 15) is 13.2 Å². The first-order chi connectivity index (χ1) is 20.3. The van der Waals surface area contributed by atoms with E-state index in [2.05, 4.69) is 19.6 Å². The first-order valence-electron chi connectivity index (χ1n) is 14.6. The number of rotatable bonds is 9. The highest BCUT2D eigenvalue weighted by Crippen LogP contribution is 2.31. The number of methoxy groups -OCH3 is 1. The average Bonchev–Trinajstić information content (AvgIpc) is 3.01. The van der Waals surface area contributed by atoms with Gasteiger partial charge in [-0.3, -0.25) is 19.4 Å². The molecule has 3 aromatic rings. The van der Waals surface area contributed by atoms with Crippen LogP contribution in [0.1, 0.15) is 53.6 Å². The number of anilines is 1. The number of nitrogens with zero attached hydrogens (tertiary/aromatic N) is 4. The van der Waals surface area contributed by atoms with Gasteiger partial charge in [0, 0.05) is 61.9 Å². The van der Waals surface area contributed by atoms with E-state index in [-0.39, 0.29) is 10.8 Å². The molecule has 0 bridgehead atoms. The van der Waals surface area contributed by atoms with Crippen molar-refractivity contribution in [3.8, 4) is 5.88 Å². The summed E-state index contributed by atoms with van der Waals surface area (Å²) in [4.78, 5) is 26.4. The zero-order chi connectivity index (χ0) is 29.5. The summed E-state index contributed by atoms with van der Waals surface area (Å²) < 4.78 is 34.9. The van der Waals surface area contributed by atoms with E-state index >= 15 is 0 Å². The molecule has 2 heterocycles. The van der Waals surface area contributed by atoms with Gasteiger partial charge in [-0.25, -0.2) is 13.4 Å². The number of para-hydroxylation sites is 1. The Balaban J connectivity index is 1.21. The maximum Gasteiger partial charge on any atom is 0.264 e. The van der Waals surface area contributed by atoms with Gasteiger partial charge in [-0.15, -0.1) is 0 Å². The Morgan fingerprint density at radius 1 is 1.02 bits per heavy atom. The standard InChI is InChI=1S/C32H39N5O4S/c1-24-8-6-12-29(30(24)34-22-25-9-4-3-5-10-25)42(39,40)35-28-15-13-26(14-16-28)32(38)37-20-18-36(19-21-37)23-27-11-7-17-33-31(27)41-2/h6-8,11-17,22,25,35H,3-5,9-10,18-21,23H2,1-2H3. The van der Waals surface area contributed by atoms with E-state index in [1.54, 1.807) is 49.7 Å². The number of aromatic nitrogens is 1. The van der Waals surface area contributed by atoms with Gasteiger partial charge < -0.3 is 9.64 Å². The van der Waals surface area contributed by atoms with Crippen LogP contribution in [0.2, 0.25) is 0 Å². The Kier molecular flexibility index (Phi) is 9.54. The summed E-state index contributed by atoms with van der Waals surface area (Å²) >= 11 is 0. The summed E-state index contributed by atoms with van der Waals surface area (Å²) in [6, 6.07) is 15.7. The molecule has 0 spiro atoms. The van der Waals surface area contributed by atoms with Crippen molar-refractivity contribution in [2.45, 2.75) is 50.5 Å². The van der Waals surface area contributed by atoms with Crippen LogP contribution in [0.4, 0.5) is 11.4 Å². The number of carbonyl (C=O) groups excluding carboxylic acids is 1. The van der Waals surface area contributed by atoms with Crippen LogP contribution in [0.3, 0.4) is 0 Å². The van der Waals surface area contributed by atoms with E-state index < -0.39 is 10.0 Å². The molecule has 0 atom stereocenters. The van der Waals surface area contributed by atoms with Crippen LogP contribution in [0.15, 0.2) is 70.7 Å². The third-order valence-corrected chi connectivity index (χ3v) is 9.45. The Bertz CT molecular complexity index is 1510. The van der Waals surface area contributed by atoms with E-state index in [0.717, 1.165) is 37.1 Å². The van der Waals surface area contributed by atoms with Crippen molar-refractivity contribution in [2.24, 2.45) is 10.9 Å². The predicted molar refractivity (Wildman–Crippen MR) is 165 cm³/mol. The molecule has 1 saturated carbocycles. The second kappa shape index (κ2) is 13.5. The fourth-order valence-electron chi connectivity index (χ4n) is 5.63. The summed E-state index contributed by atoms with van der Waals surface area (Å²) in [5, 5.41) is 0. The van der Waals surface area contributed by atoms with Crippen LogP contribution in [-0.4, -0.2) is 68.6 Å². The minimum Gasteiger partial charge on any atom is -0.481 e. The first kappa shape index (κ1) is 29.7. The number of pyridine rings is 1. The topological polar surface area (TPSA) is 104 Å². The third kappa shape index (κ3) is 7.17. The SMILES string of the molecule is COc1ncccc1CN1CCN(C(=O)c2ccc(NS(=O)(=O)c3cccc(C)c3N=CC3CCCCC3)cc2)CC1. The molecular weight excluding hydrogens is 550 g/mol. The summed E-state index contributed by atoms with van der Waals surface area (Å²) in [5.41, 5.74) is 3.22. The van der Waals surface area contributed by atoms with E-state index in [1.807, 2.05) is 36.2 Å². The zero-order valence-corrected chi connectivity index (χ0v) is 25.1. The molecule has 0 unspecified atom stereocenters. The molecule has 1 aromatic heterocycles. The van der Waals surface area contributed by atoms with Crippen LogP contribution < -0.4 is 9.46 Å². The maximum absolute atomic E-state index is 13.4. The molecule has 0 radical (unpaired) electrons. The molecule has 1 saturated heterocycles. The predicted octanol–water partition coefficient (Wildman–Crippen LogP) is 5.44. The molecule has 10 heteroatoms. The van der Waals surface area contributed by atoms with Crippen LogP contribution in [0.5, 0.6) is 5.88 Å². The minimum absolute atomic E-state index is 0.0685. The first-order valence-corrected chi connectivity index (χ1v) is 16.1. The number of hydrogen-bond donors (Lipinski definition) is 1. The van der Waals surface area contributed by atoms with Gasteiger partial charge in [-0.2, -0.15) is 0 Å². The zero-order valence-electron chi connectivity index (χ0n) is 24.3. The molecule has 1 N–H and O–H groups in total. The van der Waals surface area contributed by atoms with Gasteiger partial charge in [0.25, 0.3) is 15.9 Å². The van der Waals surface area contributed by atoms with Crippen molar-refractivity contribution in [1.29, 1.82) is 0 Å². The van der Waals surface area contributed by atoms with E-state index in [0.29, 0.717) is 48.4 Å². The Morgan fingerprint density at radius 2 is 1.76 bits per heavy atom. The van der Waals surface area contributed by atoms with Crippen LogP contribution in [0, 0.1) is 12.8 Å². The fraction of sp³-hybridized carbons (Fsp3) is 0.406. The number of nitrogens with one attached hydrogen (secondary N) is 1. The molecular formula is C32H39N5O4S. The van der Waals surface area contributed by atoms with E-state index in [4.69, 9.17) is 4.74 Å². The summed E-state index contributed by atoms with van der Waals surface area (Å²) in [7, 11) is -2.27. The summed E-state index contributed by atoms with van der Waals surface area (Å²) in [6.07, 6.45) is 9.45. The van der Waals surface area contributed by atoms with Crippen molar-refractivity contribution in [3.05, 3.63) is 77.5 Å². The highest BCUT2D eigenvalue weighted by molar-refractivity contribution is 7.92. The number of piperazine rings is 1. The van der Waals surface area contributed by atoms with Gasteiger partial charge in [0.15, 0.2) is 0 Å². The number of ether oxygens (including phenoxy) is 1. The van der Waals surface area contributed by atoms with Crippen LogP contribution in [0.25, 0.3) is 0 Å². The Hall–Kier alpha value is -3.76. The second-order valence-electron chi connectivity index (χ2n) is 11.0. The van der Waals surface area contributed by atoms with Crippen LogP contribution >= 0.6 is 0 Å². The lowest BCUT2D eigenvalue weighted by Crippen LogP contribution is -2.48. The van der Waals surface area contributed by atoms with Crippen molar-refractivity contribution in [2.75, 3.05) is 38.0 Å². The smallest absolute Gasteiger partial charge is 0.264 e. The maximum atomic E-state index is 13.4. The summed E-state index contributed by atoms with van der Waals surface area (Å²) in [6.45, 7) is 5.28. The van der Waals surface area contributed by atoms with Gasteiger partial charge in [0.2, 0.25) is 5.88 Å². The fourth-order valence-corrected chi connectivity index (χ4v) is 6.91. The molecule has 5 rings (SSSR count). The average molecular weight is 590 g/mol. The Labute approximate surface area is 248 Å². The number of benzene rings is 2. The normalized spacial score (nSPS) is 17.0. The molecule has 9 nitrogen and oxygen atoms in total. The number of hydrogen-bond acceptors (Lipinski definition) is 7. The monoisotopic (exact) mass is 589 g/mol. The van der Waals surface area contributed by atoms with Gasteiger partial charge in [-0.1, -0.05) is 37.5 Å². The lowest BCUT2D eigenvalue weighted by atomic mass is 9.90.